The van der Waals surface area contributed by atoms with Gasteiger partial charge in [-0.1, -0.05) is 42.5 Å². The predicted octanol–water partition coefficient (Wildman–Crippen LogP) is 5.16. The number of hydrogen-bond acceptors (Lipinski definition) is 4. The first-order valence-corrected chi connectivity index (χ1v) is 11.7. The molecule has 1 saturated heterocycles. The fourth-order valence-corrected chi connectivity index (χ4v) is 4.98. The summed E-state index contributed by atoms with van der Waals surface area (Å²) in [6, 6.07) is 24.0. The van der Waals surface area contributed by atoms with Crippen molar-refractivity contribution in [3.8, 4) is 11.5 Å². The molecule has 0 saturated carbocycles. The zero-order chi connectivity index (χ0) is 21.5. The van der Waals surface area contributed by atoms with E-state index in [2.05, 4.69) is 5.32 Å². The van der Waals surface area contributed by atoms with Crippen LogP contribution in [-0.2, 0) is 21.3 Å². The first-order chi connectivity index (χ1) is 15.2. The number of para-hydroxylation sites is 2. The van der Waals surface area contributed by atoms with Crippen molar-refractivity contribution < 1.29 is 18.5 Å². The molecule has 1 atom stereocenters. The molecule has 3 aromatic rings. The summed E-state index contributed by atoms with van der Waals surface area (Å²) in [6.07, 6.45) is 1.67. The lowest BCUT2D eigenvalue weighted by molar-refractivity contribution is 0.0991. The summed E-state index contributed by atoms with van der Waals surface area (Å²) in [7, 11) is -0.953. The third-order valence-electron chi connectivity index (χ3n) is 5.14. The van der Waals surface area contributed by atoms with Crippen LogP contribution in [0.5, 0.6) is 11.5 Å². The molecular formula is C25H25NO4S. The van der Waals surface area contributed by atoms with Crippen LogP contribution in [0.4, 0.5) is 5.69 Å². The highest BCUT2D eigenvalue weighted by molar-refractivity contribution is 7.84. The van der Waals surface area contributed by atoms with Crippen molar-refractivity contribution in [1.29, 1.82) is 0 Å². The monoisotopic (exact) mass is 435 g/mol. The summed E-state index contributed by atoms with van der Waals surface area (Å²) in [5, 5.41) is 3.11. The van der Waals surface area contributed by atoms with E-state index in [9.17, 15) is 9.00 Å². The summed E-state index contributed by atoms with van der Waals surface area (Å²) in [4.78, 5) is 12.9. The molecule has 6 heteroatoms. The molecule has 1 N–H and O–H groups in total. The highest BCUT2D eigenvalue weighted by atomic mass is 32.2. The van der Waals surface area contributed by atoms with Gasteiger partial charge in [0, 0.05) is 40.7 Å². The molecule has 0 radical (unpaired) electrons. The van der Waals surface area contributed by atoms with Gasteiger partial charge in [-0.15, -0.1) is 0 Å². The van der Waals surface area contributed by atoms with Crippen LogP contribution < -0.4 is 10.1 Å². The van der Waals surface area contributed by atoms with Gasteiger partial charge in [0.2, 0.25) is 0 Å². The Kier molecular flexibility index (Phi) is 7.12. The number of benzene rings is 3. The number of hydrogen-bond donors (Lipinski definition) is 1. The molecule has 31 heavy (non-hydrogen) atoms. The molecule has 160 valence electrons. The molecule has 1 heterocycles. The van der Waals surface area contributed by atoms with E-state index in [0.29, 0.717) is 41.7 Å². The molecule has 0 aliphatic carbocycles. The largest absolute Gasteiger partial charge is 0.457 e. The smallest absolute Gasteiger partial charge is 0.259 e. The van der Waals surface area contributed by atoms with E-state index in [1.54, 1.807) is 18.2 Å². The summed E-state index contributed by atoms with van der Waals surface area (Å²) < 4.78 is 24.0. The minimum atomic E-state index is -0.953. The number of carbonyl (C=O) groups excluding carboxylic acids is 1. The first kappa shape index (κ1) is 21.3. The average molecular weight is 436 g/mol. The van der Waals surface area contributed by atoms with Crippen LogP contribution in [0.1, 0.15) is 28.8 Å². The molecule has 0 bridgehead atoms. The molecule has 0 aromatic heterocycles. The van der Waals surface area contributed by atoms with Crippen LogP contribution in [0.3, 0.4) is 0 Å². The molecule has 1 unspecified atom stereocenters. The van der Waals surface area contributed by atoms with E-state index in [1.165, 1.54) is 0 Å². The third kappa shape index (κ3) is 5.81. The second-order valence-electron chi connectivity index (χ2n) is 7.40. The van der Waals surface area contributed by atoms with Crippen LogP contribution in [0, 0.1) is 0 Å². The Morgan fingerprint density at radius 3 is 2.52 bits per heavy atom. The number of nitrogens with one attached hydrogen (secondary N) is 1. The van der Waals surface area contributed by atoms with Crippen molar-refractivity contribution in [3.05, 3.63) is 90.0 Å². The molecule has 1 aliphatic heterocycles. The van der Waals surface area contributed by atoms with Crippen molar-refractivity contribution in [2.45, 2.75) is 23.8 Å². The molecule has 3 aromatic carbocycles. The van der Waals surface area contributed by atoms with Gasteiger partial charge in [0.05, 0.1) is 5.56 Å². The van der Waals surface area contributed by atoms with Crippen LogP contribution in [-0.4, -0.2) is 28.6 Å². The van der Waals surface area contributed by atoms with E-state index in [0.717, 1.165) is 18.4 Å². The van der Waals surface area contributed by atoms with Crippen molar-refractivity contribution in [2.24, 2.45) is 0 Å². The van der Waals surface area contributed by atoms with Crippen molar-refractivity contribution in [1.82, 2.24) is 0 Å². The maximum absolute atomic E-state index is 12.9. The van der Waals surface area contributed by atoms with Crippen molar-refractivity contribution >= 4 is 22.4 Å². The minimum Gasteiger partial charge on any atom is -0.457 e. The Labute approximate surface area is 184 Å². The van der Waals surface area contributed by atoms with Crippen LogP contribution >= 0.6 is 0 Å². The predicted molar refractivity (Wildman–Crippen MR) is 123 cm³/mol. The fourth-order valence-electron chi connectivity index (χ4n) is 3.52. The SMILES string of the molecule is O=C(Nc1cccc(CS(=O)C2CCOCC2)c1)c1ccccc1Oc1ccccc1. The second-order valence-corrected chi connectivity index (χ2v) is 9.12. The number of anilines is 1. The Morgan fingerprint density at radius 1 is 0.968 bits per heavy atom. The number of rotatable bonds is 7. The molecule has 1 amide bonds. The molecule has 5 nitrogen and oxygen atoms in total. The lowest BCUT2D eigenvalue weighted by Gasteiger charge is -2.21. The number of ether oxygens (including phenoxy) is 2. The lowest BCUT2D eigenvalue weighted by atomic mass is 10.1. The zero-order valence-corrected chi connectivity index (χ0v) is 18.0. The van der Waals surface area contributed by atoms with Crippen molar-refractivity contribution in [3.63, 3.8) is 0 Å². The fraction of sp³-hybridized carbons (Fsp3) is 0.240. The summed E-state index contributed by atoms with van der Waals surface area (Å²) in [5.41, 5.74) is 2.06. The van der Waals surface area contributed by atoms with Gasteiger partial charge < -0.3 is 14.8 Å². The zero-order valence-electron chi connectivity index (χ0n) is 17.2. The Balaban J connectivity index is 1.44. The molecule has 0 spiro atoms. The van der Waals surface area contributed by atoms with Gasteiger partial charge in [-0.05, 0) is 54.8 Å². The normalized spacial score (nSPS) is 15.2. The third-order valence-corrected chi connectivity index (χ3v) is 6.97. The van der Waals surface area contributed by atoms with E-state index in [4.69, 9.17) is 9.47 Å². The molecular weight excluding hydrogens is 410 g/mol. The quantitative estimate of drug-likeness (QED) is 0.557. The maximum atomic E-state index is 12.9. The van der Waals surface area contributed by atoms with Gasteiger partial charge in [-0.2, -0.15) is 0 Å². The average Bonchev–Trinajstić information content (AvgIpc) is 2.81. The summed E-state index contributed by atoms with van der Waals surface area (Å²) in [5.74, 6) is 1.37. The molecule has 4 rings (SSSR count). The van der Waals surface area contributed by atoms with Crippen molar-refractivity contribution in [2.75, 3.05) is 18.5 Å². The summed E-state index contributed by atoms with van der Waals surface area (Å²) in [6.45, 7) is 1.36. The molecule has 1 aliphatic rings. The van der Waals surface area contributed by atoms with Gasteiger partial charge in [-0.25, -0.2) is 0 Å². The van der Waals surface area contributed by atoms with Gasteiger partial charge >= 0.3 is 0 Å². The highest BCUT2D eigenvalue weighted by Gasteiger charge is 2.20. The van der Waals surface area contributed by atoms with Crippen LogP contribution in [0.2, 0.25) is 0 Å². The van der Waals surface area contributed by atoms with E-state index >= 15 is 0 Å². The van der Waals surface area contributed by atoms with Gasteiger partial charge in [0.1, 0.15) is 11.5 Å². The summed E-state index contributed by atoms with van der Waals surface area (Å²) >= 11 is 0. The van der Waals surface area contributed by atoms with Gasteiger partial charge in [0.25, 0.3) is 5.91 Å². The number of amides is 1. The van der Waals surface area contributed by atoms with E-state index in [-0.39, 0.29) is 11.2 Å². The van der Waals surface area contributed by atoms with Crippen LogP contribution in [0.25, 0.3) is 0 Å². The van der Waals surface area contributed by atoms with Crippen LogP contribution in [0.15, 0.2) is 78.9 Å². The molecule has 1 fully saturated rings. The maximum Gasteiger partial charge on any atom is 0.259 e. The lowest BCUT2D eigenvalue weighted by Crippen LogP contribution is -2.25. The Hall–Kier alpha value is -2.96. The van der Waals surface area contributed by atoms with Gasteiger partial charge in [0.15, 0.2) is 0 Å². The number of carbonyl (C=O) groups is 1. The minimum absolute atomic E-state index is 0.175. The highest BCUT2D eigenvalue weighted by Crippen LogP contribution is 2.26. The Morgan fingerprint density at radius 2 is 1.71 bits per heavy atom. The topological polar surface area (TPSA) is 64.6 Å². The first-order valence-electron chi connectivity index (χ1n) is 10.4. The van der Waals surface area contributed by atoms with E-state index < -0.39 is 10.8 Å². The second kappa shape index (κ2) is 10.4. The standard InChI is InChI=1S/C25H25NO4S/c27-25(23-11-4-5-12-24(23)30-21-9-2-1-3-10-21)26-20-8-6-7-19(17-20)18-31(28)22-13-15-29-16-14-22/h1-12,17,22H,13-16,18H2,(H,26,27). The Bertz CT molecular complexity index is 1050. The van der Waals surface area contributed by atoms with Gasteiger partial charge in [-0.3, -0.25) is 9.00 Å². The van der Waals surface area contributed by atoms with E-state index in [1.807, 2.05) is 60.7 Å².